The molecule has 4 N–H and O–H groups in total. The summed E-state index contributed by atoms with van der Waals surface area (Å²) in [6, 6.07) is 0. The Labute approximate surface area is 53.6 Å². The Morgan fingerprint density at radius 1 is 1.62 bits per heavy atom. The van der Waals surface area contributed by atoms with E-state index in [0.717, 1.165) is 13.0 Å². The van der Waals surface area contributed by atoms with Crippen LogP contribution in [0, 0.1) is 0 Å². The lowest BCUT2D eigenvalue weighted by Crippen LogP contribution is -2.56. The van der Waals surface area contributed by atoms with Gasteiger partial charge in [0.15, 0.2) is 0 Å². The summed E-state index contributed by atoms with van der Waals surface area (Å²) in [4.78, 5) is 0. The van der Waals surface area contributed by atoms with Gasteiger partial charge in [0.05, 0.1) is 5.50 Å². The summed E-state index contributed by atoms with van der Waals surface area (Å²) in [5.41, 5.74) is 5.47. The third-order valence-electron chi connectivity index (χ3n) is 1.12. The maximum absolute atomic E-state index is 5.68. The Bertz CT molecular complexity index is 69.7. The van der Waals surface area contributed by atoms with Gasteiger partial charge in [0.25, 0.3) is 0 Å². The second-order valence-electron chi connectivity index (χ2n) is 1.85. The smallest absolute Gasteiger partial charge is 0.110 e. The first-order valence-electron chi connectivity index (χ1n) is 2.68. The average molecular weight is 136 g/mol. The molecule has 0 radical (unpaired) electrons. The minimum atomic E-state index is -0.119. The molecule has 0 bridgehead atoms. The molecule has 0 aliphatic carbocycles. The van der Waals surface area contributed by atoms with Crippen molar-refractivity contribution in [3.63, 3.8) is 0 Å². The molecule has 0 amide bonds. The molecule has 4 heteroatoms. The zero-order chi connectivity index (χ0) is 5.98. The van der Waals surface area contributed by atoms with Crippen LogP contribution in [0.1, 0.15) is 6.42 Å². The van der Waals surface area contributed by atoms with Crippen molar-refractivity contribution >= 4 is 11.6 Å². The molecular formula is C4H10ClN3. The molecule has 0 spiro atoms. The van der Waals surface area contributed by atoms with Crippen LogP contribution in [-0.2, 0) is 0 Å². The molecule has 2 unspecified atom stereocenters. The number of alkyl halides is 1. The van der Waals surface area contributed by atoms with Crippen LogP contribution in [0.25, 0.3) is 0 Å². The van der Waals surface area contributed by atoms with Crippen LogP contribution in [-0.4, -0.2) is 18.3 Å². The van der Waals surface area contributed by atoms with Gasteiger partial charge in [0.1, 0.15) is 6.29 Å². The highest BCUT2D eigenvalue weighted by molar-refractivity contribution is 6.20. The van der Waals surface area contributed by atoms with E-state index in [9.17, 15) is 0 Å². The van der Waals surface area contributed by atoms with Gasteiger partial charge in [-0.1, -0.05) is 0 Å². The Kier molecular flexibility index (Phi) is 2.08. The van der Waals surface area contributed by atoms with Crippen LogP contribution in [0.4, 0.5) is 0 Å². The van der Waals surface area contributed by atoms with E-state index >= 15 is 0 Å². The van der Waals surface area contributed by atoms with Crippen molar-refractivity contribution in [3.8, 4) is 0 Å². The molecule has 1 heterocycles. The minimum Gasteiger partial charge on any atom is -0.304 e. The molecule has 0 aromatic heterocycles. The van der Waals surface area contributed by atoms with Gasteiger partial charge in [-0.3, -0.25) is 10.6 Å². The topological polar surface area (TPSA) is 50.1 Å². The van der Waals surface area contributed by atoms with Crippen molar-refractivity contribution in [2.75, 3.05) is 6.54 Å². The zero-order valence-corrected chi connectivity index (χ0v) is 5.28. The summed E-state index contributed by atoms with van der Waals surface area (Å²) in [6.07, 6.45) is 0.821. The molecule has 1 aliphatic rings. The highest BCUT2D eigenvalue weighted by atomic mass is 35.5. The lowest BCUT2D eigenvalue weighted by atomic mass is 10.3. The first-order valence-corrected chi connectivity index (χ1v) is 3.12. The number of hydrogen-bond donors (Lipinski definition) is 3. The van der Waals surface area contributed by atoms with Crippen LogP contribution in [0.3, 0.4) is 0 Å². The quantitative estimate of drug-likeness (QED) is 0.307. The molecule has 1 aliphatic heterocycles. The predicted octanol–water partition coefficient (Wildman–Crippen LogP) is -0.624. The summed E-state index contributed by atoms with van der Waals surface area (Å²) in [5.74, 6) is 0. The molecule has 48 valence electrons. The van der Waals surface area contributed by atoms with Gasteiger partial charge < -0.3 is 5.73 Å². The van der Waals surface area contributed by atoms with E-state index in [1.807, 2.05) is 0 Å². The van der Waals surface area contributed by atoms with Gasteiger partial charge in [-0.05, 0) is 6.42 Å². The van der Waals surface area contributed by atoms with Gasteiger partial charge >= 0.3 is 0 Å². The maximum atomic E-state index is 5.68. The Hall–Kier alpha value is 0.170. The third-order valence-corrected chi connectivity index (χ3v) is 1.47. The summed E-state index contributed by atoms with van der Waals surface area (Å²) in [7, 11) is 0. The van der Waals surface area contributed by atoms with E-state index in [4.69, 9.17) is 17.3 Å². The Morgan fingerprint density at radius 3 is 2.75 bits per heavy atom. The minimum absolute atomic E-state index is 0.0475. The van der Waals surface area contributed by atoms with Gasteiger partial charge in [-0.2, -0.15) is 0 Å². The summed E-state index contributed by atoms with van der Waals surface area (Å²) in [6.45, 7) is 0.905. The molecular weight excluding hydrogens is 126 g/mol. The summed E-state index contributed by atoms with van der Waals surface area (Å²) >= 11 is 5.68. The number of halogens is 1. The van der Waals surface area contributed by atoms with Gasteiger partial charge in [-0.25, -0.2) is 0 Å². The monoisotopic (exact) mass is 135 g/mol. The van der Waals surface area contributed by atoms with Gasteiger partial charge in [-0.15, -0.1) is 11.6 Å². The van der Waals surface area contributed by atoms with Crippen molar-refractivity contribution in [1.29, 1.82) is 0 Å². The van der Waals surface area contributed by atoms with Gasteiger partial charge in [0, 0.05) is 6.54 Å². The van der Waals surface area contributed by atoms with Crippen LogP contribution in [0.2, 0.25) is 0 Å². The van der Waals surface area contributed by atoms with Crippen LogP contribution in [0.5, 0.6) is 0 Å². The molecule has 0 aromatic rings. The molecule has 3 nitrogen and oxygen atoms in total. The molecule has 0 saturated carbocycles. The third kappa shape index (κ3) is 1.59. The van der Waals surface area contributed by atoms with Crippen molar-refractivity contribution in [1.82, 2.24) is 10.6 Å². The normalized spacial score (nSPS) is 39.8. The molecule has 0 aromatic carbocycles. The maximum Gasteiger partial charge on any atom is 0.110 e. The van der Waals surface area contributed by atoms with E-state index in [-0.39, 0.29) is 11.8 Å². The average Bonchev–Trinajstić information content (AvgIpc) is 1.64. The van der Waals surface area contributed by atoms with Gasteiger partial charge in [0.2, 0.25) is 0 Å². The number of nitrogens with two attached hydrogens (primary N) is 1. The van der Waals surface area contributed by atoms with Crippen LogP contribution < -0.4 is 16.4 Å². The highest BCUT2D eigenvalue weighted by Gasteiger charge is 2.13. The van der Waals surface area contributed by atoms with Crippen molar-refractivity contribution < 1.29 is 0 Å². The standard InChI is InChI=1S/C4H10ClN3/c5-3-1-2-7-4(6)8-3/h3-4,7-8H,1-2,6H2. The largest absolute Gasteiger partial charge is 0.304 e. The van der Waals surface area contributed by atoms with E-state index in [1.54, 1.807) is 0 Å². The molecule has 1 saturated heterocycles. The van der Waals surface area contributed by atoms with Crippen molar-refractivity contribution in [2.24, 2.45) is 5.73 Å². The highest BCUT2D eigenvalue weighted by Crippen LogP contribution is 1.99. The van der Waals surface area contributed by atoms with Crippen molar-refractivity contribution in [3.05, 3.63) is 0 Å². The summed E-state index contributed by atoms with van der Waals surface area (Å²) < 4.78 is 0. The van der Waals surface area contributed by atoms with Crippen LogP contribution >= 0.6 is 11.6 Å². The fraction of sp³-hybridized carbons (Fsp3) is 1.00. The Balaban J connectivity index is 2.23. The first-order chi connectivity index (χ1) is 3.79. The van der Waals surface area contributed by atoms with E-state index in [2.05, 4.69) is 10.6 Å². The predicted molar refractivity (Wildman–Crippen MR) is 33.4 cm³/mol. The fourth-order valence-electron chi connectivity index (χ4n) is 0.703. The second-order valence-corrected chi connectivity index (χ2v) is 2.38. The number of rotatable bonds is 0. The molecule has 1 fully saturated rings. The number of nitrogens with one attached hydrogen (secondary N) is 2. The molecule has 1 rings (SSSR count). The first kappa shape index (κ1) is 6.29. The fourth-order valence-corrected chi connectivity index (χ4v) is 0.947. The van der Waals surface area contributed by atoms with Crippen molar-refractivity contribution in [2.45, 2.75) is 18.2 Å². The number of hydrogen-bond acceptors (Lipinski definition) is 3. The molecule has 2 atom stereocenters. The summed E-state index contributed by atoms with van der Waals surface area (Å²) in [5, 5.41) is 5.91. The van der Waals surface area contributed by atoms with Crippen LogP contribution in [0.15, 0.2) is 0 Å². The second kappa shape index (κ2) is 2.64. The molecule has 8 heavy (non-hydrogen) atoms. The zero-order valence-electron chi connectivity index (χ0n) is 4.52. The lowest BCUT2D eigenvalue weighted by Gasteiger charge is -2.24. The van der Waals surface area contributed by atoms with E-state index in [1.165, 1.54) is 0 Å². The SMILES string of the molecule is NC1NCCC(Cl)N1. The Morgan fingerprint density at radius 2 is 2.38 bits per heavy atom. The van der Waals surface area contributed by atoms with E-state index in [0.29, 0.717) is 0 Å². The van der Waals surface area contributed by atoms with E-state index < -0.39 is 0 Å². The lowest BCUT2D eigenvalue weighted by molar-refractivity contribution is 0.357.